The summed E-state index contributed by atoms with van der Waals surface area (Å²) < 4.78 is 11.0. The van der Waals surface area contributed by atoms with E-state index in [0.717, 1.165) is 19.0 Å². The fraction of sp³-hybridized carbons (Fsp3) is 0.250. The van der Waals surface area contributed by atoms with Gasteiger partial charge in [0, 0.05) is 24.7 Å². The molecule has 0 atom stereocenters. The van der Waals surface area contributed by atoms with E-state index in [-0.39, 0.29) is 5.91 Å². The lowest BCUT2D eigenvalue weighted by Gasteiger charge is -2.26. The number of hydrazone groups is 1. The molecule has 0 aliphatic carbocycles. The van der Waals surface area contributed by atoms with Crippen LogP contribution in [-0.4, -0.2) is 38.4 Å². The van der Waals surface area contributed by atoms with Gasteiger partial charge in [0.25, 0.3) is 5.91 Å². The Kier molecular flexibility index (Phi) is 4.50. The number of carbonyl (C=O) groups excluding carboxylic acids is 1. The van der Waals surface area contributed by atoms with Gasteiger partial charge in [0.05, 0.1) is 19.4 Å². The van der Waals surface area contributed by atoms with Gasteiger partial charge in [-0.1, -0.05) is 18.2 Å². The van der Waals surface area contributed by atoms with E-state index in [9.17, 15) is 4.79 Å². The maximum atomic E-state index is 11.8. The van der Waals surface area contributed by atoms with Crippen LogP contribution in [0.15, 0.2) is 52.0 Å². The Morgan fingerprint density at radius 1 is 1.14 bits per heavy atom. The van der Waals surface area contributed by atoms with Crippen molar-refractivity contribution in [2.75, 3.05) is 31.2 Å². The van der Waals surface area contributed by atoms with Crippen molar-refractivity contribution in [2.45, 2.75) is 0 Å². The summed E-state index contributed by atoms with van der Waals surface area (Å²) >= 11 is 0. The average Bonchev–Trinajstić information content (AvgIpc) is 3.05. The molecule has 1 fully saturated rings. The number of benzene rings is 1. The van der Waals surface area contributed by atoms with E-state index in [4.69, 9.17) is 9.15 Å². The van der Waals surface area contributed by atoms with Gasteiger partial charge in [-0.15, -0.1) is 0 Å². The van der Waals surface area contributed by atoms with E-state index >= 15 is 0 Å². The monoisotopic (exact) mass is 299 g/mol. The summed E-state index contributed by atoms with van der Waals surface area (Å²) in [5.41, 5.74) is 3.04. The van der Waals surface area contributed by atoms with Crippen molar-refractivity contribution in [2.24, 2.45) is 5.10 Å². The summed E-state index contributed by atoms with van der Waals surface area (Å²) in [5, 5.41) is 3.91. The molecule has 1 N–H and O–H groups in total. The average molecular weight is 299 g/mol. The van der Waals surface area contributed by atoms with Crippen molar-refractivity contribution in [3.05, 3.63) is 53.8 Å². The van der Waals surface area contributed by atoms with Gasteiger partial charge in [0.1, 0.15) is 5.76 Å². The number of nitrogens with one attached hydrogen (secondary N) is 1. The minimum absolute atomic E-state index is 0.253. The van der Waals surface area contributed by atoms with E-state index in [0.29, 0.717) is 24.5 Å². The summed E-state index contributed by atoms with van der Waals surface area (Å²) in [5.74, 6) is 1.13. The third kappa shape index (κ3) is 3.53. The predicted molar refractivity (Wildman–Crippen MR) is 83.2 cm³/mol. The van der Waals surface area contributed by atoms with Gasteiger partial charge in [-0.05, 0) is 18.2 Å². The molecule has 1 aliphatic rings. The molecule has 3 rings (SSSR count). The lowest BCUT2D eigenvalue weighted by atomic mass is 10.2. The first-order valence-electron chi connectivity index (χ1n) is 7.14. The molecule has 22 heavy (non-hydrogen) atoms. The van der Waals surface area contributed by atoms with Crippen molar-refractivity contribution in [3.63, 3.8) is 0 Å². The summed E-state index contributed by atoms with van der Waals surface area (Å²) in [4.78, 5) is 13.9. The first kappa shape index (κ1) is 14.3. The third-order valence-electron chi connectivity index (χ3n) is 3.33. The second-order valence-electron chi connectivity index (χ2n) is 4.84. The molecule has 0 bridgehead atoms. The zero-order chi connectivity index (χ0) is 15.2. The van der Waals surface area contributed by atoms with Crippen LogP contribution in [-0.2, 0) is 4.74 Å². The first-order valence-corrected chi connectivity index (χ1v) is 7.14. The Bertz CT molecular complexity index is 646. The van der Waals surface area contributed by atoms with Crippen molar-refractivity contribution in [3.8, 4) is 0 Å². The highest BCUT2D eigenvalue weighted by atomic mass is 16.5. The van der Waals surface area contributed by atoms with Gasteiger partial charge < -0.3 is 14.1 Å². The number of carbonyl (C=O) groups is 1. The van der Waals surface area contributed by atoms with Crippen molar-refractivity contribution < 1.29 is 13.9 Å². The van der Waals surface area contributed by atoms with E-state index in [1.54, 1.807) is 24.3 Å². The number of anilines is 1. The second-order valence-corrected chi connectivity index (χ2v) is 4.84. The zero-order valence-corrected chi connectivity index (χ0v) is 12.1. The number of ether oxygens (including phenoxy) is 1. The van der Waals surface area contributed by atoms with Gasteiger partial charge in [0.15, 0.2) is 5.88 Å². The molecule has 2 heterocycles. The Labute approximate surface area is 128 Å². The number of furan rings is 1. The van der Waals surface area contributed by atoms with Crippen LogP contribution in [0, 0.1) is 0 Å². The van der Waals surface area contributed by atoms with Gasteiger partial charge in [-0.2, -0.15) is 5.10 Å². The maximum Gasteiger partial charge on any atom is 0.271 e. The number of hydrogen-bond acceptors (Lipinski definition) is 5. The minimum Gasteiger partial charge on any atom is -0.440 e. The maximum absolute atomic E-state index is 11.8. The fourth-order valence-electron chi connectivity index (χ4n) is 2.17. The topological polar surface area (TPSA) is 67.1 Å². The Morgan fingerprint density at radius 3 is 2.68 bits per heavy atom. The minimum atomic E-state index is -0.253. The molecule has 1 aliphatic heterocycles. The first-order chi connectivity index (χ1) is 10.8. The fourth-order valence-corrected chi connectivity index (χ4v) is 2.17. The van der Waals surface area contributed by atoms with Crippen LogP contribution >= 0.6 is 0 Å². The van der Waals surface area contributed by atoms with Crippen molar-refractivity contribution in [1.29, 1.82) is 0 Å². The molecule has 114 valence electrons. The van der Waals surface area contributed by atoms with Crippen LogP contribution in [0.2, 0.25) is 0 Å². The summed E-state index contributed by atoms with van der Waals surface area (Å²) in [7, 11) is 0. The molecule has 0 radical (unpaired) electrons. The van der Waals surface area contributed by atoms with E-state index < -0.39 is 0 Å². The predicted octanol–water partition coefficient (Wildman–Crippen LogP) is 1.88. The van der Waals surface area contributed by atoms with Crippen molar-refractivity contribution in [1.82, 2.24) is 5.43 Å². The number of hydrogen-bond donors (Lipinski definition) is 1. The second kappa shape index (κ2) is 6.91. The highest BCUT2D eigenvalue weighted by Crippen LogP contribution is 2.18. The summed E-state index contributed by atoms with van der Waals surface area (Å²) in [6.07, 6.45) is 1.49. The molecule has 2 aromatic rings. The van der Waals surface area contributed by atoms with Crippen LogP contribution in [0.25, 0.3) is 0 Å². The van der Waals surface area contributed by atoms with Gasteiger partial charge in [0.2, 0.25) is 0 Å². The molecule has 6 heteroatoms. The lowest BCUT2D eigenvalue weighted by Crippen LogP contribution is -2.35. The number of morpholine rings is 1. The molecule has 0 saturated carbocycles. The zero-order valence-electron chi connectivity index (χ0n) is 12.1. The number of nitrogens with zero attached hydrogens (tertiary/aromatic N) is 2. The highest BCUT2D eigenvalue weighted by molar-refractivity contribution is 5.94. The van der Waals surface area contributed by atoms with Crippen LogP contribution in [0.4, 0.5) is 5.88 Å². The molecule has 0 spiro atoms. The quantitative estimate of drug-likeness (QED) is 0.691. The molecule has 6 nitrogen and oxygen atoms in total. The van der Waals surface area contributed by atoms with Crippen LogP contribution in [0.5, 0.6) is 0 Å². The Morgan fingerprint density at radius 2 is 1.91 bits per heavy atom. The molecule has 1 amide bonds. The molecule has 1 saturated heterocycles. The van der Waals surface area contributed by atoms with Crippen LogP contribution < -0.4 is 10.3 Å². The van der Waals surface area contributed by atoms with Gasteiger partial charge in [-0.3, -0.25) is 4.79 Å². The molecular weight excluding hydrogens is 282 g/mol. The van der Waals surface area contributed by atoms with Crippen LogP contribution in [0.1, 0.15) is 16.1 Å². The highest BCUT2D eigenvalue weighted by Gasteiger charge is 2.14. The molecule has 1 aromatic heterocycles. The van der Waals surface area contributed by atoms with E-state index in [1.807, 2.05) is 18.2 Å². The number of amides is 1. The SMILES string of the molecule is O=C(N/N=C/c1ccc(N2CCOCC2)o1)c1ccccc1. The van der Waals surface area contributed by atoms with Crippen LogP contribution in [0.3, 0.4) is 0 Å². The van der Waals surface area contributed by atoms with E-state index in [1.165, 1.54) is 6.21 Å². The van der Waals surface area contributed by atoms with E-state index in [2.05, 4.69) is 15.4 Å². The number of rotatable bonds is 4. The molecule has 0 unspecified atom stereocenters. The smallest absolute Gasteiger partial charge is 0.271 e. The van der Waals surface area contributed by atoms with Gasteiger partial charge in [-0.25, -0.2) is 5.43 Å². The third-order valence-corrected chi connectivity index (χ3v) is 3.33. The largest absolute Gasteiger partial charge is 0.440 e. The molecule has 1 aromatic carbocycles. The lowest BCUT2D eigenvalue weighted by molar-refractivity contribution is 0.0955. The summed E-state index contributed by atoms with van der Waals surface area (Å²) in [6.45, 7) is 3.04. The van der Waals surface area contributed by atoms with Gasteiger partial charge >= 0.3 is 0 Å². The normalized spacial score (nSPS) is 15.2. The standard InChI is InChI=1S/C16H17N3O3/c20-16(13-4-2-1-3-5-13)18-17-12-14-6-7-15(22-14)19-8-10-21-11-9-19/h1-7,12H,8-11H2,(H,18,20)/b17-12+. The summed E-state index contributed by atoms with van der Waals surface area (Å²) in [6, 6.07) is 12.6. The van der Waals surface area contributed by atoms with Crippen molar-refractivity contribution >= 4 is 18.0 Å². The molecular formula is C16H17N3O3. The Balaban J connectivity index is 1.57. The Hall–Kier alpha value is -2.60.